The van der Waals surface area contributed by atoms with Gasteiger partial charge in [0.05, 0.1) is 6.21 Å². The fourth-order valence-corrected chi connectivity index (χ4v) is 2.00. The summed E-state index contributed by atoms with van der Waals surface area (Å²) in [7, 11) is 1.48. The van der Waals surface area contributed by atoms with Gasteiger partial charge in [-0.25, -0.2) is 0 Å². The number of carbonyl (C=O) groups is 1. The van der Waals surface area contributed by atoms with Crippen LogP contribution in [0, 0.1) is 0 Å². The maximum absolute atomic E-state index is 12.1. The van der Waals surface area contributed by atoms with Crippen molar-refractivity contribution < 1.29 is 9.63 Å². The molecule has 0 atom stereocenters. The van der Waals surface area contributed by atoms with Crippen molar-refractivity contribution in [3.8, 4) is 0 Å². The first-order valence-electron chi connectivity index (χ1n) is 5.92. The van der Waals surface area contributed by atoms with E-state index in [9.17, 15) is 4.79 Å². The molecule has 0 fully saturated rings. The minimum Gasteiger partial charge on any atom is -0.399 e. The molecule has 2 aromatic carbocycles. The molecule has 0 radical (unpaired) electrons. The predicted octanol–water partition coefficient (Wildman–Crippen LogP) is 3.68. The van der Waals surface area contributed by atoms with Gasteiger partial charge in [0.25, 0.3) is 5.91 Å². The molecule has 5 heteroatoms. The van der Waals surface area contributed by atoms with Gasteiger partial charge in [-0.2, -0.15) is 0 Å². The average molecular weight is 333 g/mol. The van der Waals surface area contributed by atoms with Gasteiger partial charge in [-0.1, -0.05) is 39.3 Å². The minimum atomic E-state index is -0.154. The molecule has 0 spiro atoms. The van der Waals surface area contributed by atoms with Crippen LogP contribution in [0.1, 0.15) is 15.9 Å². The molecule has 4 nitrogen and oxygen atoms in total. The van der Waals surface area contributed by atoms with Gasteiger partial charge in [0, 0.05) is 15.7 Å². The fraction of sp³-hybridized carbons (Fsp3) is 0.0667. The first kappa shape index (κ1) is 14.3. The summed E-state index contributed by atoms with van der Waals surface area (Å²) in [6, 6.07) is 14.5. The zero-order valence-electron chi connectivity index (χ0n) is 10.8. The number of rotatable bonds is 4. The highest BCUT2D eigenvalue weighted by molar-refractivity contribution is 9.10. The number of oxime groups is 1. The highest BCUT2D eigenvalue weighted by Crippen LogP contribution is 2.16. The highest BCUT2D eigenvalue weighted by Gasteiger charge is 2.05. The zero-order valence-corrected chi connectivity index (χ0v) is 12.4. The van der Waals surface area contributed by atoms with E-state index < -0.39 is 0 Å². The van der Waals surface area contributed by atoms with Crippen molar-refractivity contribution in [3.63, 3.8) is 0 Å². The van der Waals surface area contributed by atoms with Crippen molar-refractivity contribution in [2.45, 2.75) is 0 Å². The summed E-state index contributed by atoms with van der Waals surface area (Å²) < 4.78 is 0.918. The Hall–Kier alpha value is -2.14. The lowest BCUT2D eigenvalue weighted by Crippen LogP contribution is -2.11. The van der Waals surface area contributed by atoms with Crippen LogP contribution >= 0.6 is 15.9 Å². The molecular formula is C15H13BrN2O2. The van der Waals surface area contributed by atoms with Gasteiger partial charge in [-0.15, -0.1) is 0 Å². The summed E-state index contributed by atoms with van der Waals surface area (Å²) in [4.78, 5) is 16.7. The topological polar surface area (TPSA) is 50.7 Å². The Morgan fingerprint density at radius 1 is 1.25 bits per heavy atom. The molecule has 1 N–H and O–H groups in total. The predicted molar refractivity (Wildman–Crippen MR) is 83.1 cm³/mol. The summed E-state index contributed by atoms with van der Waals surface area (Å²) in [6.07, 6.45) is 1.58. The molecule has 1 amide bonds. The van der Waals surface area contributed by atoms with Gasteiger partial charge in [0.15, 0.2) is 0 Å². The number of benzene rings is 2. The number of hydrogen-bond acceptors (Lipinski definition) is 3. The fourth-order valence-electron chi connectivity index (χ4n) is 1.60. The van der Waals surface area contributed by atoms with Crippen molar-refractivity contribution >= 4 is 33.7 Å². The lowest BCUT2D eigenvalue weighted by atomic mass is 10.1. The van der Waals surface area contributed by atoms with Crippen LogP contribution in [0.25, 0.3) is 0 Å². The smallest absolute Gasteiger partial charge is 0.255 e. The second-order valence-corrected chi connectivity index (χ2v) is 4.92. The van der Waals surface area contributed by atoms with Crippen LogP contribution < -0.4 is 5.32 Å². The summed E-state index contributed by atoms with van der Waals surface area (Å²) in [6.45, 7) is 0. The maximum atomic E-state index is 12.1. The van der Waals surface area contributed by atoms with E-state index in [0.717, 1.165) is 15.7 Å². The number of carbonyl (C=O) groups excluding carboxylic acids is 1. The Labute approximate surface area is 125 Å². The van der Waals surface area contributed by atoms with E-state index >= 15 is 0 Å². The van der Waals surface area contributed by atoms with Crippen molar-refractivity contribution in [3.05, 3.63) is 64.1 Å². The molecule has 2 rings (SSSR count). The van der Waals surface area contributed by atoms with E-state index in [1.165, 1.54) is 7.11 Å². The average Bonchev–Trinajstić information content (AvgIpc) is 2.45. The lowest BCUT2D eigenvalue weighted by Gasteiger charge is -2.05. The molecule has 102 valence electrons. The second-order valence-electron chi connectivity index (χ2n) is 4.00. The van der Waals surface area contributed by atoms with E-state index in [4.69, 9.17) is 0 Å². The minimum absolute atomic E-state index is 0.154. The van der Waals surface area contributed by atoms with E-state index in [2.05, 4.69) is 31.2 Å². The third-order valence-electron chi connectivity index (χ3n) is 2.56. The van der Waals surface area contributed by atoms with E-state index in [1.807, 2.05) is 24.3 Å². The van der Waals surface area contributed by atoms with Gasteiger partial charge in [-0.3, -0.25) is 4.79 Å². The number of anilines is 1. The monoisotopic (exact) mass is 332 g/mol. The van der Waals surface area contributed by atoms with Crippen molar-refractivity contribution in [1.82, 2.24) is 0 Å². The Kier molecular flexibility index (Phi) is 4.90. The Balaban J connectivity index is 2.07. The van der Waals surface area contributed by atoms with Crippen LogP contribution in [-0.4, -0.2) is 19.2 Å². The van der Waals surface area contributed by atoms with Gasteiger partial charge in [-0.05, 0) is 35.9 Å². The molecule has 0 aliphatic carbocycles. The van der Waals surface area contributed by atoms with Crippen molar-refractivity contribution in [2.24, 2.45) is 5.16 Å². The van der Waals surface area contributed by atoms with Crippen LogP contribution in [0.3, 0.4) is 0 Å². The van der Waals surface area contributed by atoms with Crippen LogP contribution in [-0.2, 0) is 4.84 Å². The molecule has 0 heterocycles. The molecule has 0 unspecified atom stereocenters. The second kappa shape index (κ2) is 6.86. The van der Waals surface area contributed by atoms with Crippen molar-refractivity contribution in [2.75, 3.05) is 12.4 Å². The molecule has 0 saturated carbocycles. The Morgan fingerprint density at radius 2 is 2.00 bits per heavy atom. The quantitative estimate of drug-likeness (QED) is 0.685. The van der Waals surface area contributed by atoms with Crippen molar-refractivity contribution in [1.29, 1.82) is 0 Å². The van der Waals surface area contributed by atoms with Gasteiger partial charge >= 0.3 is 0 Å². The molecule has 20 heavy (non-hydrogen) atoms. The summed E-state index contributed by atoms with van der Waals surface area (Å²) in [5, 5.41) is 6.50. The molecular weight excluding hydrogens is 320 g/mol. The number of halogens is 1. The third-order valence-corrected chi connectivity index (χ3v) is 3.06. The Morgan fingerprint density at radius 3 is 2.65 bits per heavy atom. The largest absolute Gasteiger partial charge is 0.399 e. The molecule has 0 bridgehead atoms. The number of hydrogen-bond donors (Lipinski definition) is 1. The van der Waals surface area contributed by atoms with Gasteiger partial charge in [0.1, 0.15) is 7.11 Å². The molecule has 0 aromatic heterocycles. The number of nitrogens with zero attached hydrogens (tertiary/aromatic N) is 1. The third kappa shape index (κ3) is 3.93. The van der Waals surface area contributed by atoms with Crippen LogP contribution in [0.4, 0.5) is 5.69 Å². The number of amides is 1. The zero-order chi connectivity index (χ0) is 14.4. The standard InChI is InChI=1S/C15H13BrN2O2/c1-20-17-10-11-5-7-12(8-6-11)15(19)18-14-4-2-3-13(16)9-14/h2-10H,1H3,(H,18,19)/b17-10+. The normalized spacial score (nSPS) is 10.5. The molecule has 2 aromatic rings. The molecule has 0 saturated heterocycles. The van der Waals surface area contributed by atoms with Crippen LogP contribution in [0.2, 0.25) is 0 Å². The molecule has 0 aliphatic heterocycles. The van der Waals surface area contributed by atoms with Gasteiger partial charge < -0.3 is 10.2 Å². The molecule has 0 aliphatic rings. The Bertz CT molecular complexity index is 624. The number of nitrogens with one attached hydrogen (secondary N) is 1. The summed E-state index contributed by atoms with van der Waals surface area (Å²) >= 11 is 3.36. The van der Waals surface area contributed by atoms with Gasteiger partial charge in [0.2, 0.25) is 0 Å². The SMILES string of the molecule is CO/N=C/c1ccc(C(=O)Nc2cccc(Br)c2)cc1. The van der Waals surface area contributed by atoms with Crippen LogP contribution in [0.15, 0.2) is 58.2 Å². The lowest BCUT2D eigenvalue weighted by molar-refractivity contribution is 0.102. The highest BCUT2D eigenvalue weighted by atomic mass is 79.9. The van der Waals surface area contributed by atoms with Crippen LogP contribution in [0.5, 0.6) is 0 Å². The summed E-state index contributed by atoms with van der Waals surface area (Å²) in [5.74, 6) is -0.154. The first-order valence-corrected chi connectivity index (χ1v) is 6.72. The van der Waals surface area contributed by atoms with E-state index in [0.29, 0.717) is 5.56 Å². The summed E-state index contributed by atoms with van der Waals surface area (Å²) in [5.41, 5.74) is 2.19. The maximum Gasteiger partial charge on any atom is 0.255 e. The van der Waals surface area contributed by atoms with E-state index in [-0.39, 0.29) is 5.91 Å². The first-order chi connectivity index (χ1) is 9.69. The van der Waals surface area contributed by atoms with E-state index in [1.54, 1.807) is 30.5 Å².